The topological polar surface area (TPSA) is 51.7 Å². The van der Waals surface area contributed by atoms with E-state index in [-0.39, 0.29) is 6.03 Å². The van der Waals surface area contributed by atoms with Crippen molar-refractivity contribution in [2.45, 2.75) is 51.6 Å². The summed E-state index contributed by atoms with van der Waals surface area (Å²) in [5.74, 6) is 0.306. The van der Waals surface area contributed by atoms with Gasteiger partial charge in [0.15, 0.2) is 0 Å². The lowest BCUT2D eigenvalue weighted by molar-refractivity contribution is 0.149. The zero-order valence-corrected chi connectivity index (χ0v) is 23.0. The summed E-state index contributed by atoms with van der Waals surface area (Å²) in [6.07, 6.45) is 12.3. The van der Waals surface area contributed by atoms with E-state index in [1.165, 1.54) is 50.6 Å². The van der Waals surface area contributed by atoms with Crippen LogP contribution in [0.3, 0.4) is 0 Å². The molecule has 196 valence electrons. The average molecular weight is 518 g/mol. The molecule has 4 aliphatic rings. The molecule has 37 heavy (non-hydrogen) atoms. The van der Waals surface area contributed by atoms with Gasteiger partial charge in [0.2, 0.25) is 0 Å². The fourth-order valence-electron chi connectivity index (χ4n) is 6.24. The molecule has 6 rings (SSSR count). The molecule has 1 N–H and O–H groups in total. The third-order valence-electron chi connectivity index (χ3n) is 8.52. The number of carbonyl (C=O) groups is 1. The van der Waals surface area contributed by atoms with Crippen LogP contribution in [-0.4, -0.2) is 78.1 Å². The number of rotatable bonds is 5. The summed E-state index contributed by atoms with van der Waals surface area (Å²) in [7, 11) is 2.21. The smallest absolute Gasteiger partial charge is 0.317 e. The highest BCUT2D eigenvalue weighted by atomic mass is 32.1. The number of likely N-dealkylation sites (N-methyl/N-ethyl adjacent to an activating group) is 1. The Morgan fingerprint density at radius 1 is 1.14 bits per heavy atom. The highest BCUT2D eigenvalue weighted by molar-refractivity contribution is 7.15. The SMILES string of the molecule is CC1CN(C(=O)NC2CCCC2)CC=C1C1=CCc2ncc(-c3ccc(CN4CCN(C)CC4)s3)cc21. The van der Waals surface area contributed by atoms with Crippen molar-refractivity contribution >= 4 is 22.9 Å². The summed E-state index contributed by atoms with van der Waals surface area (Å²) in [4.78, 5) is 27.4. The van der Waals surface area contributed by atoms with Crippen molar-refractivity contribution in [3.63, 3.8) is 0 Å². The third kappa shape index (κ3) is 5.40. The van der Waals surface area contributed by atoms with E-state index in [0.29, 0.717) is 18.5 Å². The van der Waals surface area contributed by atoms with Crippen LogP contribution < -0.4 is 5.32 Å². The number of thiophene rings is 1. The van der Waals surface area contributed by atoms with E-state index in [2.05, 4.69) is 65.6 Å². The minimum Gasteiger partial charge on any atom is -0.335 e. The van der Waals surface area contributed by atoms with Crippen LogP contribution >= 0.6 is 11.3 Å². The van der Waals surface area contributed by atoms with E-state index in [1.807, 2.05) is 16.2 Å². The Hall–Kier alpha value is -2.48. The second kappa shape index (κ2) is 10.7. The number of hydrogen-bond donors (Lipinski definition) is 1. The van der Waals surface area contributed by atoms with E-state index < -0.39 is 0 Å². The van der Waals surface area contributed by atoms with Crippen molar-refractivity contribution < 1.29 is 4.79 Å². The maximum Gasteiger partial charge on any atom is 0.317 e. The van der Waals surface area contributed by atoms with Crippen LogP contribution in [0.1, 0.15) is 48.7 Å². The van der Waals surface area contributed by atoms with Crippen LogP contribution in [0.25, 0.3) is 16.0 Å². The molecule has 0 bridgehead atoms. The predicted molar refractivity (Wildman–Crippen MR) is 152 cm³/mol. The van der Waals surface area contributed by atoms with Gasteiger partial charge in [-0.1, -0.05) is 31.9 Å². The van der Waals surface area contributed by atoms with Crippen LogP contribution in [0.4, 0.5) is 4.79 Å². The Bertz CT molecular complexity index is 1200. The second-order valence-electron chi connectivity index (χ2n) is 11.3. The first-order chi connectivity index (χ1) is 18.0. The number of amides is 2. The summed E-state index contributed by atoms with van der Waals surface area (Å²) >= 11 is 1.90. The largest absolute Gasteiger partial charge is 0.335 e. The predicted octanol–water partition coefficient (Wildman–Crippen LogP) is 5.03. The Labute approximate surface area is 225 Å². The van der Waals surface area contributed by atoms with Gasteiger partial charge < -0.3 is 15.1 Å². The summed E-state index contributed by atoms with van der Waals surface area (Å²) in [6.45, 7) is 9.33. The standard InChI is InChI=1S/C30H39N5OS/c1-21-19-35(30(36)32-23-5-3-4-6-23)12-11-25(21)26-8-9-28-27(26)17-22(18-31-28)29-10-7-24(37-29)20-34-15-13-33(2)14-16-34/h7-8,10-11,17-18,21,23H,3-6,9,12-16,19-20H2,1-2H3,(H,32,36). The van der Waals surface area contributed by atoms with Gasteiger partial charge in [-0.25, -0.2) is 4.79 Å². The number of piperazine rings is 1. The van der Waals surface area contributed by atoms with Gasteiger partial charge in [0.25, 0.3) is 0 Å². The van der Waals surface area contributed by atoms with Crippen LogP contribution in [0, 0.1) is 5.92 Å². The van der Waals surface area contributed by atoms with Crippen molar-refractivity contribution in [2.75, 3.05) is 46.3 Å². The van der Waals surface area contributed by atoms with E-state index >= 15 is 0 Å². The summed E-state index contributed by atoms with van der Waals surface area (Å²) < 4.78 is 0. The number of pyridine rings is 1. The second-order valence-corrected chi connectivity index (χ2v) is 12.5. The number of nitrogens with zero attached hydrogens (tertiary/aromatic N) is 4. The molecule has 1 saturated heterocycles. The first-order valence-electron chi connectivity index (χ1n) is 14.0. The normalized spacial score (nSPS) is 23.2. The van der Waals surface area contributed by atoms with Gasteiger partial charge in [-0.2, -0.15) is 0 Å². The van der Waals surface area contributed by atoms with E-state index in [4.69, 9.17) is 4.98 Å². The molecule has 2 aliphatic heterocycles. The average Bonchev–Trinajstić information content (AvgIpc) is 3.67. The summed E-state index contributed by atoms with van der Waals surface area (Å²) in [5, 5.41) is 3.25. The molecule has 6 nitrogen and oxygen atoms in total. The third-order valence-corrected chi connectivity index (χ3v) is 9.64. The first kappa shape index (κ1) is 24.8. The number of hydrogen-bond acceptors (Lipinski definition) is 5. The van der Waals surface area contributed by atoms with Gasteiger partial charge in [0.1, 0.15) is 0 Å². The molecular formula is C30H39N5OS. The number of nitrogens with one attached hydrogen (secondary N) is 1. The lowest BCUT2D eigenvalue weighted by Crippen LogP contribution is -2.47. The minimum absolute atomic E-state index is 0.101. The molecule has 1 saturated carbocycles. The lowest BCUT2D eigenvalue weighted by atomic mass is 9.87. The number of carbonyl (C=O) groups excluding carboxylic acids is 1. The monoisotopic (exact) mass is 517 g/mol. The molecule has 4 heterocycles. The van der Waals surface area contributed by atoms with Crippen LogP contribution in [0.2, 0.25) is 0 Å². The van der Waals surface area contributed by atoms with Crippen molar-refractivity contribution in [1.82, 2.24) is 25.0 Å². The molecule has 0 aromatic carbocycles. The Kier molecular flexibility index (Phi) is 7.19. The molecule has 1 atom stereocenters. The molecule has 2 aliphatic carbocycles. The Balaban J connectivity index is 1.14. The Morgan fingerprint density at radius 3 is 2.73 bits per heavy atom. The van der Waals surface area contributed by atoms with Gasteiger partial charge >= 0.3 is 6.03 Å². The first-order valence-corrected chi connectivity index (χ1v) is 14.8. The summed E-state index contributed by atoms with van der Waals surface area (Å²) in [6, 6.07) is 7.37. The number of aromatic nitrogens is 1. The molecule has 2 aromatic rings. The molecule has 2 amide bonds. The molecule has 0 spiro atoms. The van der Waals surface area contributed by atoms with E-state index in [9.17, 15) is 4.79 Å². The molecule has 2 fully saturated rings. The van der Waals surface area contributed by atoms with Crippen molar-refractivity contribution in [3.05, 3.63) is 58.3 Å². The zero-order valence-electron chi connectivity index (χ0n) is 22.2. The fourth-order valence-corrected chi connectivity index (χ4v) is 7.27. The molecule has 0 radical (unpaired) electrons. The van der Waals surface area contributed by atoms with Crippen LogP contribution in [-0.2, 0) is 13.0 Å². The van der Waals surface area contributed by atoms with Crippen molar-refractivity contribution in [3.8, 4) is 10.4 Å². The maximum atomic E-state index is 12.8. The number of urea groups is 1. The lowest BCUT2D eigenvalue weighted by Gasteiger charge is -2.33. The quantitative estimate of drug-likeness (QED) is 0.605. The van der Waals surface area contributed by atoms with Gasteiger partial charge in [-0.15, -0.1) is 11.3 Å². The van der Waals surface area contributed by atoms with Crippen LogP contribution in [0.5, 0.6) is 0 Å². The number of allylic oxidation sites excluding steroid dienone is 2. The van der Waals surface area contributed by atoms with Gasteiger partial charge in [0, 0.05) is 85.4 Å². The van der Waals surface area contributed by atoms with Crippen molar-refractivity contribution in [2.24, 2.45) is 5.92 Å². The molecule has 7 heteroatoms. The number of fused-ring (bicyclic) bond motifs is 1. The zero-order chi connectivity index (χ0) is 25.4. The van der Waals surface area contributed by atoms with Crippen LogP contribution in [0.15, 0.2) is 42.1 Å². The van der Waals surface area contributed by atoms with Crippen molar-refractivity contribution in [1.29, 1.82) is 0 Å². The van der Waals surface area contributed by atoms with E-state index in [0.717, 1.165) is 58.5 Å². The molecular weight excluding hydrogens is 478 g/mol. The summed E-state index contributed by atoms with van der Waals surface area (Å²) in [5.41, 5.74) is 6.34. The minimum atomic E-state index is 0.101. The van der Waals surface area contributed by atoms with Gasteiger partial charge in [-0.3, -0.25) is 9.88 Å². The molecule has 1 unspecified atom stereocenters. The highest BCUT2D eigenvalue weighted by Gasteiger charge is 2.29. The molecule has 2 aromatic heterocycles. The highest BCUT2D eigenvalue weighted by Crippen LogP contribution is 2.39. The van der Waals surface area contributed by atoms with Gasteiger partial charge in [-0.05, 0) is 55.2 Å². The fraction of sp³-hybridized carbons (Fsp3) is 0.533. The van der Waals surface area contributed by atoms with E-state index in [1.54, 1.807) is 0 Å². The Morgan fingerprint density at radius 2 is 1.95 bits per heavy atom. The van der Waals surface area contributed by atoms with Gasteiger partial charge in [0.05, 0.1) is 5.69 Å². The maximum absolute atomic E-state index is 12.8.